The number of esters is 1. The Balaban J connectivity index is 1.92. The van der Waals surface area contributed by atoms with Gasteiger partial charge in [0.15, 0.2) is 0 Å². The van der Waals surface area contributed by atoms with Gasteiger partial charge in [-0.05, 0) is 6.07 Å². The SMILES string of the molecule is COC(=O)c1cnc(N2CCOC(c3ccccc3Cl)C2)c([N+](=O)[O-])c1. The van der Waals surface area contributed by atoms with Gasteiger partial charge in [0, 0.05) is 29.4 Å². The molecule has 26 heavy (non-hydrogen) atoms. The Morgan fingerprint density at radius 3 is 2.92 bits per heavy atom. The summed E-state index contributed by atoms with van der Waals surface area (Å²) in [5.41, 5.74) is 0.583. The number of halogens is 1. The number of ether oxygens (including phenoxy) is 2. The number of morpholine rings is 1. The summed E-state index contributed by atoms with van der Waals surface area (Å²) in [6, 6.07) is 8.48. The van der Waals surface area contributed by atoms with Gasteiger partial charge in [-0.25, -0.2) is 9.78 Å². The molecule has 0 bridgehead atoms. The lowest BCUT2D eigenvalue weighted by Crippen LogP contribution is -2.39. The highest BCUT2D eigenvalue weighted by molar-refractivity contribution is 6.31. The van der Waals surface area contributed by atoms with Gasteiger partial charge in [0.05, 0.1) is 30.7 Å². The molecule has 1 aromatic carbocycles. The van der Waals surface area contributed by atoms with Crippen molar-refractivity contribution in [3.8, 4) is 0 Å². The fraction of sp³-hybridized carbons (Fsp3) is 0.294. The van der Waals surface area contributed by atoms with E-state index in [4.69, 9.17) is 16.3 Å². The van der Waals surface area contributed by atoms with Crippen molar-refractivity contribution in [2.45, 2.75) is 6.10 Å². The lowest BCUT2D eigenvalue weighted by atomic mass is 10.1. The summed E-state index contributed by atoms with van der Waals surface area (Å²) in [5.74, 6) is -0.494. The summed E-state index contributed by atoms with van der Waals surface area (Å²) < 4.78 is 10.4. The van der Waals surface area contributed by atoms with Crippen LogP contribution >= 0.6 is 11.6 Å². The molecule has 136 valence electrons. The van der Waals surface area contributed by atoms with Crippen LogP contribution in [0, 0.1) is 10.1 Å². The molecule has 3 rings (SSSR count). The Labute approximate surface area is 154 Å². The van der Waals surface area contributed by atoms with Crippen molar-refractivity contribution in [2.24, 2.45) is 0 Å². The van der Waals surface area contributed by atoms with Gasteiger partial charge in [0.1, 0.15) is 6.10 Å². The summed E-state index contributed by atoms with van der Waals surface area (Å²) in [5, 5.41) is 12.0. The van der Waals surface area contributed by atoms with Gasteiger partial charge in [0.2, 0.25) is 5.82 Å². The van der Waals surface area contributed by atoms with Crippen LogP contribution in [-0.2, 0) is 9.47 Å². The van der Waals surface area contributed by atoms with Crippen molar-refractivity contribution in [1.29, 1.82) is 0 Å². The molecule has 1 saturated heterocycles. The third-order valence-electron chi connectivity index (χ3n) is 4.08. The second-order valence-corrected chi connectivity index (χ2v) is 6.05. The third kappa shape index (κ3) is 3.61. The van der Waals surface area contributed by atoms with E-state index in [0.29, 0.717) is 24.7 Å². The third-order valence-corrected chi connectivity index (χ3v) is 4.43. The minimum absolute atomic E-state index is 0.0267. The number of methoxy groups -OCH3 is 1. The lowest BCUT2D eigenvalue weighted by molar-refractivity contribution is -0.384. The zero-order chi connectivity index (χ0) is 18.7. The summed E-state index contributed by atoms with van der Waals surface area (Å²) in [6.07, 6.45) is 0.938. The quantitative estimate of drug-likeness (QED) is 0.459. The van der Waals surface area contributed by atoms with Crippen molar-refractivity contribution in [3.05, 3.63) is 62.8 Å². The molecular weight excluding hydrogens is 362 g/mol. The van der Waals surface area contributed by atoms with Crippen LogP contribution in [-0.4, -0.2) is 42.7 Å². The van der Waals surface area contributed by atoms with Crippen LogP contribution in [0.4, 0.5) is 11.5 Å². The molecule has 9 heteroatoms. The summed E-state index contributed by atoms with van der Waals surface area (Å²) in [7, 11) is 1.21. The fourth-order valence-corrected chi connectivity index (χ4v) is 3.08. The van der Waals surface area contributed by atoms with Gasteiger partial charge in [-0.1, -0.05) is 29.8 Å². The summed E-state index contributed by atoms with van der Waals surface area (Å²) in [4.78, 5) is 28.4. The van der Waals surface area contributed by atoms with Crippen LogP contribution in [0.2, 0.25) is 5.02 Å². The lowest BCUT2D eigenvalue weighted by Gasteiger charge is -2.34. The van der Waals surface area contributed by atoms with E-state index in [2.05, 4.69) is 9.72 Å². The Morgan fingerprint density at radius 2 is 2.23 bits per heavy atom. The molecule has 8 nitrogen and oxygen atoms in total. The molecule has 0 spiro atoms. The van der Waals surface area contributed by atoms with Crippen LogP contribution in [0.5, 0.6) is 0 Å². The van der Waals surface area contributed by atoms with Gasteiger partial charge in [-0.2, -0.15) is 0 Å². The summed E-state index contributed by atoms with van der Waals surface area (Å²) in [6.45, 7) is 1.16. The number of aromatic nitrogens is 1. The normalized spacial score (nSPS) is 17.0. The van der Waals surface area contributed by atoms with E-state index in [1.165, 1.54) is 19.4 Å². The van der Waals surface area contributed by atoms with Crippen molar-refractivity contribution in [1.82, 2.24) is 4.98 Å². The Hall–Kier alpha value is -2.71. The molecule has 2 aromatic rings. The van der Waals surface area contributed by atoms with Crippen LogP contribution < -0.4 is 4.90 Å². The second-order valence-electron chi connectivity index (χ2n) is 5.64. The molecule has 0 radical (unpaired) electrons. The average Bonchev–Trinajstić information content (AvgIpc) is 2.67. The van der Waals surface area contributed by atoms with Crippen molar-refractivity contribution < 1.29 is 19.2 Å². The van der Waals surface area contributed by atoms with Crippen molar-refractivity contribution in [2.75, 3.05) is 31.7 Å². The predicted molar refractivity (Wildman–Crippen MR) is 94.6 cm³/mol. The highest BCUT2D eigenvalue weighted by atomic mass is 35.5. The van der Waals surface area contributed by atoms with Crippen LogP contribution in [0.3, 0.4) is 0 Å². The number of pyridine rings is 1. The number of hydrogen-bond acceptors (Lipinski definition) is 7. The first kappa shape index (κ1) is 18.1. The molecule has 0 amide bonds. The highest BCUT2D eigenvalue weighted by Gasteiger charge is 2.30. The largest absolute Gasteiger partial charge is 0.465 e. The zero-order valence-electron chi connectivity index (χ0n) is 13.9. The van der Waals surface area contributed by atoms with Gasteiger partial charge >= 0.3 is 11.7 Å². The van der Waals surface area contributed by atoms with E-state index in [-0.39, 0.29) is 23.2 Å². The number of nitrogens with zero attached hydrogens (tertiary/aromatic N) is 3. The zero-order valence-corrected chi connectivity index (χ0v) is 14.7. The fourth-order valence-electron chi connectivity index (χ4n) is 2.82. The number of anilines is 1. The number of carbonyl (C=O) groups is 1. The number of hydrogen-bond donors (Lipinski definition) is 0. The Kier molecular flexibility index (Phi) is 5.34. The molecule has 1 aliphatic heterocycles. The topological polar surface area (TPSA) is 94.8 Å². The maximum atomic E-state index is 11.6. The molecule has 0 N–H and O–H groups in total. The van der Waals surface area contributed by atoms with E-state index in [9.17, 15) is 14.9 Å². The summed E-state index contributed by atoms with van der Waals surface area (Å²) >= 11 is 6.23. The van der Waals surface area contributed by atoms with E-state index >= 15 is 0 Å². The first-order valence-corrected chi connectivity index (χ1v) is 8.22. The monoisotopic (exact) mass is 377 g/mol. The molecule has 0 aliphatic carbocycles. The molecule has 0 saturated carbocycles. The van der Waals surface area contributed by atoms with Gasteiger partial charge in [0.25, 0.3) is 0 Å². The number of carbonyl (C=O) groups excluding carboxylic acids is 1. The minimum Gasteiger partial charge on any atom is -0.465 e. The standard InChI is InChI=1S/C17H16ClN3O5/c1-25-17(22)11-8-14(21(23)24)16(19-9-11)20-6-7-26-15(10-20)12-4-2-3-5-13(12)18/h2-5,8-9,15H,6-7,10H2,1H3. The molecule has 1 aromatic heterocycles. The Morgan fingerprint density at radius 1 is 1.46 bits per heavy atom. The molecule has 1 unspecified atom stereocenters. The molecule has 1 aliphatic rings. The highest BCUT2D eigenvalue weighted by Crippen LogP contribution is 2.33. The van der Waals surface area contributed by atoms with E-state index < -0.39 is 10.9 Å². The number of benzene rings is 1. The van der Waals surface area contributed by atoms with Crippen LogP contribution in [0.15, 0.2) is 36.5 Å². The Bertz CT molecular complexity index is 845. The second kappa shape index (κ2) is 7.67. The van der Waals surface area contributed by atoms with Gasteiger partial charge < -0.3 is 14.4 Å². The minimum atomic E-state index is -0.678. The van der Waals surface area contributed by atoms with E-state index in [1.807, 2.05) is 18.2 Å². The van der Waals surface area contributed by atoms with E-state index in [0.717, 1.165) is 5.56 Å². The van der Waals surface area contributed by atoms with Crippen LogP contribution in [0.25, 0.3) is 0 Å². The van der Waals surface area contributed by atoms with Crippen molar-refractivity contribution in [3.63, 3.8) is 0 Å². The molecular formula is C17H16ClN3O5. The molecule has 2 heterocycles. The maximum Gasteiger partial charge on any atom is 0.339 e. The smallest absolute Gasteiger partial charge is 0.339 e. The maximum absolute atomic E-state index is 11.6. The first-order valence-electron chi connectivity index (χ1n) is 7.85. The predicted octanol–water partition coefficient (Wildman–Crippen LogP) is 3.01. The van der Waals surface area contributed by atoms with Crippen LogP contribution in [0.1, 0.15) is 22.0 Å². The molecule has 1 atom stereocenters. The first-order chi connectivity index (χ1) is 12.5. The van der Waals surface area contributed by atoms with E-state index in [1.54, 1.807) is 11.0 Å². The average molecular weight is 378 g/mol. The van der Waals surface area contributed by atoms with Gasteiger partial charge in [-0.3, -0.25) is 10.1 Å². The number of rotatable bonds is 4. The number of nitro groups is 1. The van der Waals surface area contributed by atoms with Crippen molar-refractivity contribution >= 4 is 29.1 Å². The van der Waals surface area contributed by atoms with Gasteiger partial charge in [-0.15, -0.1) is 0 Å². The molecule has 1 fully saturated rings.